The van der Waals surface area contributed by atoms with Gasteiger partial charge in [-0.3, -0.25) is 4.79 Å². The predicted molar refractivity (Wildman–Crippen MR) is 61.7 cm³/mol. The molecule has 0 atom stereocenters. The quantitative estimate of drug-likeness (QED) is 0.631. The summed E-state index contributed by atoms with van der Waals surface area (Å²) in [6, 6.07) is 7.37. The summed E-state index contributed by atoms with van der Waals surface area (Å²) in [5.41, 5.74) is 1.68. The second-order valence-corrected chi connectivity index (χ2v) is 3.41. The van der Waals surface area contributed by atoms with Crippen molar-refractivity contribution in [2.24, 2.45) is 0 Å². The third-order valence-corrected chi connectivity index (χ3v) is 2.42. The van der Waals surface area contributed by atoms with E-state index in [0.717, 1.165) is 5.69 Å². The number of carbonyl (C=O) groups excluding carboxylic acids is 1. The van der Waals surface area contributed by atoms with Crippen LogP contribution in [-0.4, -0.2) is 21.1 Å². The number of benzene rings is 1. The summed E-state index contributed by atoms with van der Waals surface area (Å²) in [4.78, 5) is 15.3. The van der Waals surface area contributed by atoms with E-state index in [2.05, 4.69) is 17.6 Å². The van der Waals surface area contributed by atoms with Gasteiger partial charge in [-0.05, 0) is 24.3 Å². The van der Waals surface area contributed by atoms with Gasteiger partial charge in [0, 0.05) is 23.6 Å². The molecule has 0 bridgehead atoms. The van der Waals surface area contributed by atoms with E-state index in [-0.39, 0.29) is 11.5 Å². The van der Waals surface area contributed by atoms with Gasteiger partial charge in [0.25, 0.3) is 0 Å². The zero-order chi connectivity index (χ0) is 10.7. The highest BCUT2D eigenvalue weighted by atomic mass is 32.1. The maximum atomic E-state index is 11.3. The van der Waals surface area contributed by atoms with Crippen molar-refractivity contribution in [1.29, 1.82) is 0 Å². The van der Waals surface area contributed by atoms with Crippen molar-refractivity contribution in [3.05, 3.63) is 48.5 Å². The van der Waals surface area contributed by atoms with Crippen LogP contribution >= 0.6 is 12.6 Å². The molecule has 0 aliphatic heterocycles. The first-order chi connectivity index (χ1) is 7.31. The molecule has 0 N–H and O–H groups in total. The highest BCUT2D eigenvalue weighted by Gasteiger charge is 2.02. The Morgan fingerprint density at radius 1 is 1.33 bits per heavy atom. The highest BCUT2D eigenvalue weighted by Crippen LogP contribution is 2.10. The maximum absolute atomic E-state index is 11.3. The molecule has 0 saturated heterocycles. The van der Waals surface area contributed by atoms with Crippen molar-refractivity contribution >= 4 is 18.4 Å². The molecule has 1 aromatic carbocycles. The molecule has 76 valence electrons. The number of hydrogen-bond donors (Lipinski definition) is 1. The van der Waals surface area contributed by atoms with Gasteiger partial charge in [0.1, 0.15) is 0 Å². The van der Waals surface area contributed by atoms with Crippen LogP contribution in [0.3, 0.4) is 0 Å². The number of nitrogens with zero attached hydrogens (tertiary/aromatic N) is 2. The minimum absolute atomic E-state index is 0.0375. The number of aromatic nitrogens is 2. The number of Topliss-reactive ketones (excluding diaryl/α,β-unsaturated/α-hetero) is 1. The third kappa shape index (κ3) is 2.10. The van der Waals surface area contributed by atoms with Gasteiger partial charge in [0.15, 0.2) is 5.78 Å². The van der Waals surface area contributed by atoms with Crippen molar-refractivity contribution in [3.63, 3.8) is 0 Å². The van der Waals surface area contributed by atoms with Crippen LogP contribution in [0.5, 0.6) is 0 Å². The third-order valence-electron chi connectivity index (χ3n) is 2.14. The van der Waals surface area contributed by atoms with Crippen LogP contribution < -0.4 is 0 Å². The molecule has 2 rings (SSSR count). The Morgan fingerprint density at radius 3 is 2.60 bits per heavy atom. The zero-order valence-electron chi connectivity index (χ0n) is 8.00. The fourth-order valence-electron chi connectivity index (χ4n) is 1.32. The molecule has 1 heterocycles. The molecule has 4 heteroatoms. The van der Waals surface area contributed by atoms with E-state index < -0.39 is 0 Å². The number of ketones is 1. The van der Waals surface area contributed by atoms with Crippen LogP contribution in [0.1, 0.15) is 10.4 Å². The molecular weight excluding hydrogens is 208 g/mol. The lowest BCUT2D eigenvalue weighted by Gasteiger charge is -2.02. The summed E-state index contributed by atoms with van der Waals surface area (Å²) in [7, 11) is 0. The maximum Gasteiger partial charge on any atom is 0.172 e. The molecule has 0 aliphatic carbocycles. The lowest BCUT2D eigenvalue weighted by atomic mass is 10.1. The standard InChI is InChI=1S/C11H10N2OS/c14-11(7-15)9-1-3-10(4-2-9)13-6-5-12-8-13/h1-6,8,15H,7H2. The first-order valence-electron chi connectivity index (χ1n) is 4.54. The molecule has 0 saturated carbocycles. The predicted octanol–water partition coefficient (Wildman–Crippen LogP) is 1.98. The first kappa shape index (κ1) is 9.98. The normalized spacial score (nSPS) is 10.2. The molecule has 1 aromatic heterocycles. The average Bonchev–Trinajstić information content (AvgIpc) is 2.82. The number of thiol groups is 1. The van der Waals surface area contributed by atoms with E-state index >= 15 is 0 Å². The summed E-state index contributed by atoms with van der Waals surface area (Å²) in [6.07, 6.45) is 5.29. The molecule has 0 aliphatic rings. The first-order valence-corrected chi connectivity index (χ1v) is 5.17. The topological polar surface area (TPSA) is 34.9 Å². The average molecular weight is 218 g/mol. The highest BCUT2D eigenvalue weighted by molar-refractivity contribution is 7.81. The van der Waals surface area contributed by atoms with E-state index in [1.165, 1.54) is 0 Å². The molecule has 2 aromatic rings. The van der Waals surface area contributed by atoms with Crippen LogP contribution in [0.15, 0.2) is 43.0 Å². The Bertz CT molecular complexity index is 448. The fourth-order valence-corrected chi connectivity index (χ4v) is 1.51. The summed E-state index contributed by atoms with van der Waals surface area (Å²) in [5.74, 6) is 0.278. The van der Waals surface area contributed by atoms with Gasteiger partial charge in [-0.15, -0.1) is 0 Å². The van der Waals surface area contributed by atoms with Gasteiger partial charge in [-0.1, -0.05) is 0 Å². The lowest BCUT2D eigenvalue weighted by molar-refractivity contribution is 0.102. The summed E-state index contributed by atoms with van der Waals surface area (Å²) in [6.45, 7) is 0. The molecule has 0 unspecified atom stereocenters. The number of imidazole rings is 1. The van der Waals surface area contributed by atoms with Crippen LogP contribution in [0.25, 0.3) is 5.69 Å². The second kappa shape index (κ2) is 4.31. The SMILES string of the molecule is O=C(CS)c1ccc(-n2ccnc2)cc1. The molecule has 15 heavy (non-hydrogen) atoms. The van der Waals surface area contributed by atoms with E-state index in [1.807, 2.05) is 22.9 Å². The Balaban J connectivity index is 2.29. The van der Waals surface area contributed by atoms with Crippen molar-refractivity contribution in [2.45, 2.75) is 0 Å². The van der Waals surface area contributed by atoms with E-state index in [4.69, 9.17) is 0 Å². The van der Waals surface area contributed by atoms with Gasteiger partial charge in [0.05, 0.1) is 12.1 Å². The van der Waals surface area contributed by atoms with Gasteiger partial charge in [0.2, 0.25) is 0 Å². The zero-order valence-corrected chi connectivity index (χ0v) is 8.89. The molecule has 0 radical (unpaired) electrons. The van der Waals surface area contributed by atoms with Crippen molar-refractivity contribution in [3.8, 4) is 5.69 Å². The lowest BCUT2D eigenvalue weighted by Crippen LogP contribution is -2.00. The van der Waals surface area contributed by atoms with Gasteiger partial charge < -0.3 is 4.57 Å². The Labute approximate surface area is 93.2 Å². The molecular formula is C11H10N2OS. The van der Waals surface area contributed by atoms with E-state index in [0.29, 0.717) is 5.56 Å². The molecule has 0 amide bonds. The van der Waals surface area contributed by atoms with Crippen LogP contribution in [-0.2, 0) is 0 Å². The van der Waals surface area contributed by atoms with Crippen LogP contribution in [0.4, 0.5) is 0 Å². The Morgan fingerprint density at radius 2 is 2.07 bits per heavy atom. The Hall–Kier alpha value is -1.55. The Kier molecular flexibility index (Phi) is 2.87. The number of rotatable bonds is 3. The van der Waals surface area contributed by atoms with Gasteiger partial charge in [-0.25, -0.2) is 4.98 Å². The fraction of sp³-hybridized carbons (Fsp3) is 0.0909. The monoisotopic (exact) mass is 218 g/mol. The van der Waals surface area contributed by atoms with Gasteiger partial charge in [-0.2, -0.15) is 12.6 Å². The largest absolute Gasteiger partial charge is 0.306 e. The number of carbonyl (C=O) groups is 1. The van der Waals surface area contributed by atoms with Gasteiger partial charge >= 0.3 is 0 Å². The smallest absolute Gasteiger partial charge is 0.172 e. The van der Waals surface area contributed by atoms with Crippen molar-refractivity contribution < 1.29 is 4.79 Å². The number of hydrogen-bond acceptors (Lipinski definition) is 3. The second-order valence-electron chi connectivity index (χ2n) is 3.10. The van der Waals surface area contributed by atoms with Crippen molar-refractivity contribution in [2.75, 3.05) is 5.75 Å². The van der Waals surface area contributed by atoms with E-state index in [9.17, 15) is 4.79 Å². The van der Waals surface area contributed by atoms with Crippen LogP contribution in [0, 0.1) is 0 Å². The minimum Gasteiger partial charge on any atom is -0.306 e. The summed E-state index contributed by atoms with van der Waals surface area (Å²) < 4.78 is 1.88. The van der Waals surface area contributed by atoms with Crippen LogP contribution in [0.2, 0.25) is 0 Å². The minimum atomic E-state index is 0.0375. The van der Waals surface area contributed by atoms with Crippen molar-refractivity contribution in [1.82, 2.24) is 9.55 Å². The summed E-state index contributed by atoms with van der Waals surface area (Å²) in [5, 5.41) is 0. The van der Waals surface area contributed by atoms with E-state index in [1.54, 1.807) is 24.7 Å². The molecule has 3 nitrogen and oxygen atoms in total. The molecule has 0 spiro atoms. The molecule has 0 fully saturated rings. The summed E-state index contributed by atoms with van der Waals surface area (Å²) >= 11 is 3.95.